The summed E-state index contributed by atoms with van der Waals surface area (Å²) in [6, 6.07) is 5.52. The van der Waals surface area contributed by atoms with Crippen LogP contribution in [0.1, 0.15) is 135 Å². The molecule has 0 aliphatic heterocycles. The molecule has 0 fully saturated rings. The van der Waals surface area contributed by atoms with Crippen molar-refractivity contribution in [2.75, 3.05) is 33.7 Å². The summed E-state index contributed by atoms with van der Waals surface area (Å²) in [6.45, 7) is 11.1. The first kappa shape index (κ1) is 43.0. The molecule has 270 valence electrons. The normalized spacial score (nSPS) is 18.0. The highest BCUT2D eigenvalue weighted by molar-refractivity contribution is 7.85. The standard InChI is InChI=1S/C32H61N3O.C7H8O3S/c1-6-7-8-9-10-11-12-13-14-15-16-17-18-19-20-21-26-35(4,5)27-22-25-34-31(36)32(3)24-23-29(2)28-30(32)33;1-6-2-4-7(5-3-6)11(8,9)10/h23-24,28,30H,6-22,25-27,33H2,1-5H3;2-5H,1H3,(H,8,9,10). The molecule has 1 aliphatic rings. The predicted molar refractivity (Wildman–Crippen MR) is 197 cm³/mol. The molecule has 0 heterocycles. The van der Waals surface area contributed by atoms with Gasteiger partial charge in [0.05, 0.1) is 37.5 Å². The molecule has 2 atom stereocenters. The third-order valence-corrected chi connectivity index (χ3v) is 10.3. The van der Waals surface area contributed by atoms with E-state index in [-0.39, 0.29) is 16.8 Å². The second-order valence-corrected chi connectivity index (χ2v) is 16.0. The fourth-order valence-electron chi connectivity index (χ4n) is 5.96. The topological polar surface area (TPSA) is 112 Å². The summed E-state index contributed by atoms with van der Waals surface area (Å²) in [6.07, 6.45) is 29.6. The number of carbonyl (C=O) groups is 1. The Morgan fingerprint density at radius 3 is 1.70 bits per heavy atom. The zero-order chi connectivity index (χ0) is 35.2. The Hall–Kier alpha value is -2.00. The number of nitrogens with two attached hydrogens (primary N) is 1. The Morgan fingerprint density at radius 1 is 0.809 bits per heavy atom. The van der Waals surface area contributed by atoms with Crippen LogP contribution in [0.4, 0.5) is 0 Å². The Kier molecular flexibility index (Phi) is 21.4. The third kappa shape index (κ3) is 19.6. The van der Waals surface area contributed by atoms with Gasteiger partial charge in [-0.15, -0.1) is 0 Å². The van der Waals surface area contributed by atoms with E-state index in [9.17, 15) is 17.8 Å². The van der Waals surface area contributed by atoms with Gasteiger partial charge in [-0.1, -0.05) is 138 Å². The number of benzene rings is 1. The SMILES string of the molecule is CCCCCCCCCCCCCCCCCC[N+](C)(C)CCCNC(=O)C1(C)C=CC(C)=CC1N.Cc1ccc(S(=O)(=O)[O-])cc1. The summed E-state index contributed by atoms with van der Waals surface area (Å²) in [4.78, 5) is 12.5. The molecule has 1 aromatic rings. The van der Waals surface area contributed by atoms with Gasteiger partial charge in [0, 0.05) is 19.0 Å². The molecule has 2 rings (SSSR count). The van der Waals surface area contributed by atoms with Crippen LogP contribution in [0.5, 0.6) is 0 Å². The van der Waals surface area contributed by atoms with E-state index in [1.54, 1.807) is 12.1 Å². The summed E-state index contributed by atoms with van der Waals surface area (Å²) in [5, 5.41) is 3.13. The van der Waals surface area contributed by atoms with E-state index in [1.165, 1.54) is 121 Å². The van der Waals surface area contributed by atoms with Crippen molar-refractivity contribution >= 4 is 16.0 Å². The number of carbonyl (C=O) groups excluding carboxylic acids is 1. The monoisotopic (exact) mass is 676 g/mol. The maximum atomic E-state index is 12.7. The predicted octanol–water partition coefficient (Wildman–Crippen LogP) is 8.58. The summed E-state index contributed by atoms with van der Waals surface area (Å²) < 4.78 is 32.2. The molecule has 1 aromatic carbocycles. The number of aryl methyl sites for hydroxylation is 1. The number of rotatable bonds is 23. The molecular formula is C39H69N3O4S. The number of quaternary nitrogens is 1. The Morgan fingerprint density at radius 2 is 1.26 bits per heavy atom. The van der Waals surface area contributed by atoms with Gasteiger partial charge in [0.2, 0.25) is 5.91 Å². The van der Waals surface area contributed by atoms with Crippen LogP contribution in [0.25, 0.3) is 0 Å². The van der Waals surface area contributed by atoms with Gasteiger partial charge < -0.3 is 20.1 Å². The van der Waals surface area contributed by atoms with Crippen LogP contribution in [-0.4, -0.2) is 63.1 Å². The van der Waals surface area contributed by atoms with Gasteiger partial charge in [0.25, 0.3) is 0 Å². The van der Waals surface area contributed by atoms with Crippen molar-refractivity contribution in [3.63, 3.8) is 0 Å². The van der Waals surface area contributed by atoms with Gasteiger partial charge in [-0.25, -0.2) is 8.42 Å². The molecule has 2 unspecified atom stereocenters. The molecule has 0 aromatic heterocycles. The van der Waals surface area contributed by atoms with E-state index in [0.717, 1.165) is 35.1 Å². The number of allylic oxidation sites excluding steroid dienone is 2. The van der Waals surface area contributed by atoms with E-state index >= 15 is 0 Å². The number of nitrogens with zero attached hydrogens (tertiary/aromatic N) is 1. The first-order chi connectivity index (χ1) is 22.2. The van der Waals surface area contributed by atoms with Crippen molar-refractivity contribution < 1.29 is 22.2 Å². The van der Waals surface area contributed by atoms with Gasteiger partial charge in [-0.05, 0) is 45.7 Å². The molecule has 3 N–H and O–H groups in total. The second kappa shape index (κ2) is 23.4. The molecule has 8 heteroatoms. The molecule has 7 nitrogen and oxygen atoms in total. The first-order valence-corrected chi connectivity index (χ1v) is 19.9. The second-order valence-electron chi connectivity index (χ2n) is 14.6. The van der Waals surface area contributed by atoms with Gasteiger partial charge in [-0.2, -0.15) is 0 Å². The number of hydrogen-bond acceptors (Lipinski definition) is 5. The molecule has 1 aliphatic carbocycles. The van der Waals surface area contributed by atoms with E-state index in [1.807, 2.05) is 39.0 Å². The van der Waals surface area contributed by atoms with Gasteiger partial charge in [-0.3, -0.25) is 4.79 Å². The van der Waals surface area contributed by atoms with E-state index in [0.29, 0.717) is 0 Å². The summed E-state index contributed by atoms with van der Waals surface area (Å²) in [5.74, 6) is 0.0399. The van der Waals surface area contributed by atoms with Gasteiger partial charge in [0.15, 0.2) is 0 Å². The molecular weight excluding hydrogens is 607 g/mol. The Labute approximate surface area is 289 Å². The maximum absolute atomic E-state index is 12.7. The first-order valence-electron chi connectivity index (χ1n) is 18.5. The van der Waals surface area contributed by atoms with Crippen LogP contribution in [0.2, 0.25) is 0 Å². The van der Waals surface area contributed by atoms with E-state index < -0.39 is 15.5 Å². The van der Waals surface area contributed by atoms with Gasteiger partial charge in [0.1, 0.15) is 10.1 Å². The van der Waals surface area contributed by atoms with Crippen LogP contribution in [0.15, 0.2) is 53.0 Å². The largest absolute Gasteiger partial charge is 0.744 e. The number of hydrogen-bond donors (Lipinski definition) is 2. The maximum Gasteiger partial charge on any atom is 0.231 e. The molecule has 0 saturated carbocycles. The highest BCUT2D eigenvalue weighted by atomic mass is 32.2. The van der Waals surface area contributed by atoms with Crippen molar-refractivity contribution in [1.29, 1.82) is 0 Å². The third-order valence-electron chi connectivity index (χ3n) is 9.47. The lowest BCUT2D eigenvalue weighted by molar-refractivity contribution is -0.890. The van der Waals surface area contributed by atoms with Crippen molar-refractivity contribution in [1.82, 2.24) is 5.32 Å². The van der Waals surface area contributed by atoms with E-state index in [4.69, 9.17) is 5.73 Å². The van der Waals surface area contributed by atoms with Crippen LogP contribution >= 0.6 is 0 Å². The molecule has 0 saturated heterocycles. The lowest BCUT2D eigenvalue weighted by atomic mass is 9.77. The minimum atomic E-state index is -4.27. The number of nitrogens with one attached hydrogen (secondary N) is 1. The molecule has 47 heavy (non-hydrogen) atoms. The van der Waals surface area contributed by atoms with Crippen molar-refractivity contribution in [3.05, 3.63) is 53.6 Å². The lowest BCUT2D eigenvalue weighted by Crippen LogP contribution is -2.50. The Bertz CT molecular complexity index is 1160. The Balaban J connectivity index is 0.000000841. The van der Waals surface area contributed by atoms with Crippen LogP contribution in [0.3, 0.4) is 0 Å². The summed E-state index contributed by atoms with van der Waals surface area (Å²) >= 11 is 0. The number of unbranched alkanes of at least 4 members (excludes halogenated alkanes) is 15. The minimum absolute atomic E-state index is 0.0399. The molecule has 0 radical (unpaired) electrons. The van der Waals surface area contributed by atoms with Crippen molar-refractivity contribution in [2.45, 2.75) is 148 Å². The number of amides is 1. The molecule has 0 bridgehead atoms. The molecule has 0 spiro atoms. The average Bonchev–Trinajstić information content (AvgIpc) is 3.01. The summed E-state index contributed by atoms with van der Waals surface area (Å²) in [7, 11) is 0.373. The van der Waals surface area contributed by atoms with Crippen LogP contribution < -0.4 is 11.1 Å². The van der Waals surface area contributed by atoms with Crippen LogP contribution in [0, 0.1) is 12.3 Å². The quantitative estimate of drug-likeness (QED) is 0.0686. The smallest absolute Gasteiger partial charge is 0.231 e. The molecule has 1 amide bonds. The zero-order valence-electron chi connectivity index (χ0n) is 30.8. The van der Waals surface area contributed by atoms with E-state index in [2.05, 4.69) is 26.3 Å². The lowest BCUT2D eigenvalue weighted by Gasteiger charge is -2.33. The summed E-state index contributed by atoms with van der Waals surface area (Å²) in [5.41, 5.74) is 7.65. The fraction of sp³-hybridized carbons (Fsp3) is 0.718. The zero-order valence-corrected chi connectivity index (χ0v) is 31.6. The van der Waals surface area contributed by atoms with Crippen molar-refractivity contribution in [2.24, 2.45) is 11.1 Å². The highest BCUT2D eigenvalue weighted by Crippen LogP contribution is 2.28. The van der Waals surface area contributed by atoms with Crippen LogP contribution in [-0.2, 0) is 14.9 Å². The van der Waals surface area contributed by atoms with Gasteiger partial charge >= 0.3 is 0 Å². The average molecular weight is 676 g/mol. The highest BCUT2D eigenvalue weighted by Gasteiger charge is 2.37. The minimum Gasteiger partial charge on any atom is -0.744 e. The van der Waals surface area contributed by atoms with Crippen molar-refractivity contribution in [3.8, 4) is 0 Å². The fourth-order valence-corrected chi connectivity index (χ4v) is 6.43.